The lowest BCUT2D eigenvalue weighted by atomic mass is 10.00. The molecule has 7 nitrogen and oxygen atoms in total. The van der Waals surface area contributed by atoms with Gasteiger partial charge in [0.25, 0.3) is 5.91 Å². The molecule has 3 atom stereocenters. The number of benzene rings is 1. The summed E-state index contributed by atoms with van der Waals surface area (Å²) in [4.78, 5) is 12.8. The summed E-state index contributed by atoms with van der Waals surface area (Å²) in [5.41, 5.74) is 1.66. The van der Waals surface area contributed by atoms with Crippen LogP contribution in [0.1, 0.15) is 43.2 Å². The van der Waals surface area contributed by atoms with Crippen molar-refractivity contribution < 1.29 is 18.3 Å². The third-order valence-corrected chi connectivity index (χ3v) is 7.51. The second-order valence-corrected chi connectivity index (χ2v) is 10.2. The van der Waals surface area contributed by atoms with Crippen LogP contribution in [0.15, 0.2) is 30.3 Å². The molecule has 0 saturated carbocycles. The van der Waals surface area contributed by atoms with Crippen molar-refractivity contribution in [3.8, 4) is 11.3 Å². The molecule has 9 heteroatoms. The van der Waals surface area contributed by atoms with Crippen molar-refractivity contribution >= 4 is 27.3 Å². The highest BCUT2D eigenvalue weighted by molar-refractivity contribution is 7.91. The van der Waals surface area contributed by atoms with Gasteiger partial charge in [0.15, 0.2) is 15.5 Å². The van der Waals surface area contributed by atoms with Crippen LogP contribution in [0, 0.1) is 5.92 Å². The van der Waals surface area contributed by atoms with Crippen LogP contribution in [0.2, 0.25) is 5.02 Å². The number of hydrogen-bond donors (Lipinski definition) is 2. The summed E-state index contributed by atoms with van der Waals surface area (Å²) in [6.07, 6.45) is 1.27. The van der Waals surface area contributed by atoms with Crippen LogP contribution in [-0.4, -0.2) is 53.4 Å². The molecule has 3 rings (SSSR count). The van der Waals surface area contributed by atoms with Crippen molar-refractivity contribution in [2.45, 2.75) is 38.8 Å². The van der Waals surface area contributed by atoms with Crippen LogP contribution >= 0.6 is 11.6 Å². The summed E-state index contributed by atoms with van der Waals surface area (Å²) in [6.45, 7) is 3.79. The van der Waals surface area contributed by atoms with Gasteiger partial charge in [-0.25, -0.2) is 8.42 Å². The molecule has 1 unspecified atom stereocenters. The van der Waals surface area contributed by atoms with Crippen molar-refractivity contribution in [3.05, 3.63) is 41.0 Å². The van der Waals surface area contributed by atoms with E-state index in [9.17, 15) is 18.3 Å². The Bertz CT molecular complexity index is 972. The Morgan fingerprint density at radius 3 is 2.62 bits per heavy atom. The minimum atomic E-state index is -3.11. The number of hydrogen-bond acceptors (Lipinski definition) is 5. The summed E-state index contributed by atoms with van der Waals surface area (Å²) in [5.74, 6) is -0.164. The van der Waals surface area contributed by atoms with E-state index >= 15 is 0 Å². The molecule has 0 bridgehead atoms. The maximum absolute atomic E-state index is 12.8. The fourth-order valence-electron chi connectivity index (χ4n) is 3.48. The molecule has 2 heterocycles. The van der Waals surface area contributed by atoms with Gasteiger partial charge in [0.05, 0.1) is 35.9 Å². The van der Waals surface area contributed by atoms with E-state index in [0.717, 1.165) is 12.0 Å². The Kier molecular flexibility index (Phi) is 6.65. The predicted molar refractivity (Wildman–Crippen MR) is 113 cm³/mol. The Morgan fingerprint density at radius 1 is 1.38 bits per heavy atom. The molecule has 1 aliphatic heterocycles. The monoisotopic (exact) mass is 439 g/mol. The number of nitrogens with one attached hydrogen (secondary N) is 1. The zero-order valence-electron chi connectivity index (χ0n) is 16.5. The normalized spacial score (nSPS) is 20.3. The van der Waals surface area contributed by atoms with E-state index < -0.39 is 9.84 Å². The Labute approximate surface area is 176 Å². The average Bonchev–Trinajstić information content (AvgIpc) is 3.29. The summed E-state index contributed by atoms with van der Waals surface area (Å²) >= 11 is 5.99. The van der Waals surface area contributed by atoms with Gasteiger partial charge in [-0.3, -0.25) is 9.48 Å². The van der Waals surface area contributed by atoms with E-state index in [1.807, 2.05) is 26.0 Å². The second kappa shape index (κ2) is 8.85. The molecule has 1 amide bonds. The molecule has 2 N–H and O–H groups in total. The van der Waals surface area contributed by atoms with E-state index in [2.05, 4.69) is 10.4 Å². The SMILES string of the molecule is CC[C@@H](C)[C@@H](CO)NC(=O)c1cc(-c2ccc(Cl)cc2)n(C2CCS(=O)(=O)C2)n1. The van der Waals surface area contributed by atoms with E-state index in [-0.39, 0.29) is 47.7 Å². The first kappa shape index (κ1) is 21.8. The maximum Gasteiger partial charge on any atom is 0.272 e. The minimum absolute atomic E-state index is 0.00244. The van der Waals surface area contributed by atoms with Gasteiger partial charge in [-0.2, -0.15) is 5.10 Å². The van der Waals surface area contributed by atoms with E-state index in [1.54, 1.807) is 22.9 Å². The molecule has 158 valence electrons. The van der Waals surface area contributed by atoms with Gasteiger partial charge in [-0.05, 0) is 36.1 Å². The minimum Gasteiger partial charge on any atom is -0.394 e. The molecule has 0 aliphatic carbocycles. The number of halogens is 1. The summed E-state index contributed by atoms with van der Waals surface area (Å²) in [6, 6.07) is 8.08. The molecule has 2 aromatic rings. The topological polar surface area (TPSA) is 101 Å². The standard InChI is InChI=1S/C20H26ClN3O4S/c1-3-13(2)18(11-25)22-20(26)17-10-19(14-4-6-15(21)7-5-14)24(23-17)16-8-9-29(27,28)12-16/h4-7,10,13,16,18,25H,3,8-9,11-12H2,1-2H3,(H,22,26)/t13-,16?,18-/m1/s1. The van der Waals surface area contributed by atoms with Crippen molar-refractivity contribution in [3.63, 3.8) is 0 Å². The molecule has 1 saturated heterocycles. The smallest absolute Gasteiger partial charge is 0.272 e. The van der Waals surface area contributed by atoms with Crippen LogP contribution in [0.3, 0.4) is 0 Å². The number of rotatable bonds is 7. The molecular weight excluding hydrogens is 414 g/mol. The number of aromatic nitrogens is 2. The Balaban J connectivity index is 1.96. The molecule has 0 spiro atoms. The molecule has 1 aromatic heterocycles. The van der Waals surface area contributed by atoms with Crippen molar-refractivity contribution in [1.82, 2.24) is 15.1 Å². The fraction of sp³-hybridized carbons (Fsp3) is 0.500. The quantitative estimate of drug-likeness (QED) is 0.690. The van der Waals surface area contributed by atoms with Crippen molar-refractivity contribution in [2.24, 2.45) is 5.92 Å². The summed E-state index contributed by atoms with van der Waals surface area (Å²) in [5, 5.41) is 17.5. The number of sulfone groups is 1. The average molecular weight is 440 g/mol. The largest absolute Gasteiger partial charge is 0.394 e. The van der Waals surface area contributed by atoms with Crippen LogP contribution in [0.5, 0.6) is 0 Å². The number of carbonyl (C=O) groups excluding carboxylic acids is 1. The highest BCUT2D eigenvalue weighted by Crippen LogP contribution is 2.30. The lowest BCUT2D eigenvalue weighted by molar-refractivity contribution is 0.0885. The summed E-state index contributed by atoms with van der Waals surface area (Å²) < 4.78 is 25.6. The van der Waals surface area contributed by atoms with Gasteiger partial charge >= 0.3 is 0 Å². The first-order chi connectivity index (χ1) is 13.7. The summed E-state index contributed by atoms with van der Waals surface area (Å²) in [7, 11) is -3.11. The maximum atomic E-state index is 12.8. The first-order valence-corrected chi connectivity index (χ1v) is 11.9. The van der Waals surface area contributed by atoms with Crippen LogP contribution in [-0.2, 0) is 9.84 Å². The highest BCUT2D eigenvalue weighted by atomic mass is 35.5. The Hall–Kier alpha value is -1.90. The van der Waals surface area contributed by atoms with Crippen LogP contribution in [0.4, 0.5) is 0 Å². The van der Waals surface area contributed by atoms with Gasteiger partial charge in [0.1, 0.15) is 0 Å². The number of carbonyl (C=O) groups is 1. The third kappa shape index (κ3) is 4.99. The van der Waals surface area contributed by atoms with Crippen molar-refractivity contribution in [2.75, 3.05) is 18.1 Å². The lowest BCUT2D eigenvalue weighted by Gasteiger charge is -2.21. The van der Waals surface area contributed by atoms with Crippen molar-refractivity contribution in [1.29, 1.82) is 0 Å². The molecule has 29 heavy (non-hydrogen) atoms. The van der Waals surface area contributed by atoms with E-state index in [4.69, 9.17) is 11.6 Å². The van der Waals surface area contributed by atoms with E-state index in [1.165, 1.54) is 0 Å². The lowest BCUT2D eigenvalue weighted by Crippen LogP contribution is -2.42. The molecule has 0 radical (unpaired) electrons. The Morgan fingerprint density at radius 2 is 2.07 bits per heavy atom. The molecule has 1 fully saturated rings. The number of amides is 1. The molecular formula is C20H26ClN3O4S. The fourth-order valence-corrected chi connectivity index (χ4v) is 5.30. The van der Waals surface area contributed by atoms with Gasteiger partial charge in [-0.15, -0.1) is 0 Å². The highest BCUT2D eigenvalue weighted by Gasteiger charge is 2.32. The number of aliphatic hydroxyl groups excluding tert-OH is 1. The zero-order valence-corrected chi connectivity index (χ0v) is 18.1. The second-order valence-electron chi connectivity index (χ2n) is 7.57. The van der Waals surface area contributed by atoms with Gasteiger partial charge in [0.2, 0.25) is 0 Å². The predicted octanol–water partition coefficient (Wildman–Crippen LogP) is 2.70. The molecule has 1 aromatic carbocycles. The zero-order chi connectivity index (χ0) is 21.2. The third-order valence-electron chi connectivity index (χ3n) is 5.51. The van der Waals surface area contributed by atoms with Gasteiger partial charge in [0, 0.05) is 5.02 Å². The van der Waals surface area contributed by atoms with E-state index in [0.29, 0.717) is 17.1 Å². The van der Waals surface area contributed by atoms with Gasteiger partial charge in [-0.1, -0.05) is 44.0 Å². The van der Waals surface area contributed by atoms with Gasteiger partial charge < -0.3 is 10.4 Å². The van der Waals surface area contributed by atoms with Crippen LogP contribution in [0.25, 0.3) is 11.3 Å². The number of aliphatic hydroxyl groups is 1. The first-order valence-electron chi connectivity index (χ1n) is 9.71. The van der Waals surface area contributed by atoms with Crippen LogP contribution < -0.4 is 5.32 Å². The molecule has 1 aliphatic rings. The number of nitrogens with zero attached hydrogens (tertiary/aromatic N) is 2.